The lowest BCUT2D eigenvalue weighted by atomic mass is 10.1. The Balaban J connectivity index is 2.37. The third-order valence-electron chi connectivity index (χ3n) is 3.23. The van der Waals surface area contributed by atoms with E-state index in [9.17, 15) is 0 Å². The number of nitrogens with two attached hydrogens (primary N) is 1. The van der Waals surface area contributed by atoms with Crippen molar-refractivity contribution >= 4 is 5.71 Å². The van der Waals surface area contributed by atoms with Gasteiger partial charge in [0.1, 0.15) is 24.3 Å². The lowest BCUT2D eigenvalue weighted by Gasteiger charge is -2.19. The van der Waals surface area contributed by atoms with Gasteiger partial charge in [-0.05, 0) is 19.8 Å². The zero-order valence-electron chi connectivity index (χ0n) is 12.3. The summed E-state index contributed by atoms with van der Waals surface area (Å²) in [5, 5.41) is 0. The summed E-state index contributed by atoms with van der Waals surface area (Å²) in [4.78, 5) is 9.08. The van der Waals surface area contributed by atoms with Gasteiger partial charge in [-0.3, -0.25) is 4.99 Å². The molecule has 0 radical (unpaired) electrons. The van der Waals surface area contributed by atoms with E-state index in [1.165, 1.54) is 5.69 Å². The molecule has 1 aromatic heterocycles. The fourth-order valence-electron chi connectivity index (χ4n) is 2.45. The minimum absolute atomic E-state index is 0.322. The summed E-state index contributed by atoms with van der Waals surface area (Å²) in [6.45, 7) is 10.6. The molecule has 0 aromatic carbocycles. The van der Waals surface area contributed by atoms with Gasteiger partial charge in [0.15, 0.2) is 0 Å². The molecule has 0 saturated heterocycles. The minimum atomic E-state index is -0.322. The maximum atomic E-state index is 6.07. The zero-order valence-corrected chi connectivity index (χ0v) is 12.3. The van der Waals surface area contributed by atoms with Crippen molar-refractivity contribution in [2.24, 2.45) is 16.6 Å². The molecule has 0 saturated carbocycles. The van der Waals surface area contributed by atoms with Gasteiger partial charge in [0, 0.05) is 31.0 Å². The van der Waals surface area contributed by atoms with Crippen molar-refractivity contribution in [3.8, 4) is 0 Å². The number of nitrogens with zero attached hydrogens (tertiary/aromatic N) is 3. The van der Waals surface area contributed by atoms with Crippen molar-refractivity contribution in [3.63, 3.8) is 0 Å². The average molecular weight is 264 g/mol. The third kappa shape index (κ3) is 3.04. The molecule has 19 heavy (non-hydrogen) atoms. The maximum Gasteiger partial charge on any atom is 0.141 e. The van der Waals surface area contributed by atoms with Crippen LogP contribution >= 0.6 is 0 Å². The Labute approximate surface area is 114 Å². The van der Waals surface area contributed by atoms with E-state index >= 15 is 0 Å². The Morgan fingerprint density at radius 3 is 2.84 bits per heavy atom. The molecular formula is C14H24N4O. The first-order chi connectivity index (χ1) is 9.02. The van der Waals surface area contributed by atoms with E-state index in [1.807, 2.05) is 13.8 Å². The highest BCUT2D eigenvalue weighted by Crippen LogP contribution is 2.25. The summed E-state index contributed by atoms with van der Waals surface area (Å²) in [5.41, 5.74) is 9.28. The number of fused-ring (bicyclic) bond motifs is 1. The molecule has 1 aromatic rings. The van der Waals surface area contributed by atoms with Crippen LogP contribution in [0, 0.1) is 5.92 Å². The standard InChI is InChI=1S/C14H24N4O/c1-5-19-8-12-17-13-11(18(12)7-9(2)3)6-10(4)16-14(13)15/h9,14H,5-8,15H2,1-4H3. The number of aliphatic imine (C=N–C) groups is 1. The molecule has 2 rings (SSSR count). The van der Waals surface area contributed by atoms with Crippen molar-refractivity contribution in [1.82, 2.24) is 9.55 Å². The highest BCUT2D eigenvalue weighted by molar-refractivity contribution is 5.85. The summed E-state index contributed by atoms with van der Waals surface area (Å²) in [7, 11) is 0. The lowest BCUT2D eigenvalue weighted by molar-refractivity contribution is 0.125. The van der Waals surface area contributed by atoms with Crippen LogP contribution in [0.15, 0.2) is 4.99 Å². The van der Waals surface area contributed by atoms with Crippen molar-refractivity contribution < 1.29 is 4.74 Å². The van der Waals surface area contributed by atoms with Crippen LogP contribution in [0.2, 0.25) is 0 Å². The lowest BCUT2D eigenvalue weighted by Crippen LogP contribution is -2.21. The van der Waals surface area contributed by atoms with E-state index in [4.69, 9.17) is 10.5 Å². The molecule has 1 aliphatic rings. The smallest absolute Gasteiger partial charge is 0.141 e. The largest absolute Gasteiger partial charge is 0.374 e. The Morgan fingerprint density at radius 2 is 2.21 bits per heavy atom. The van der Waals surface area contributed by atoms with Crippen LogP contribution in [0.1, 0.15) is 51.1 Å². The fourth-order valence-corrected chi connectivity index (χ4v) is 2.45. The Morgan fingerprint density at radius 1 is 1.47 bits per heavy atom. The number of rotatable bonds is 5. The topological polar surface area (TPSA) is 65.4 Å². The van der Waals surface area contributed by atoms with Crippen LogP contribution in [0.3, 0.4) is 0 Å². The second-order valence-electron chi connectivity index (χ2n) is 5.49. The van der Waals surface area contributed by atoms with Gasteiger partial charge < -0.3 is 15.0 Å². The number of imidazole rings is 1. The molecule has 1 atom stereocenters. The van der Waals surface area contributed by atoms with Crippen LogP contribution in [-0.2, 0) is 24.3 Å². The first kappa shape index (κ1) is 14.2. The summed E-state index contributed by atoms with van der Waals surface area (Å²) < 4.78 is 7.79. The number of hydrogen-bond acceptors (Lipinski definition) is 4. The molecule has 0 amide bonds. The molecule has 0 aliphatic carbocycles. The zero-order chi connectivity index (χ0) is 14.0. The van der Waals surface area contributed by atoms with Crippen molar-refractivity contribution in [2.45, 2.75) is 53.4 Å². The SMILES string of the molecule is CCOCc1nc2c(n1CC(C)C)CC(C)=NC2N. The highest BCUT2D eigenvalue weighted by Gasteiger charge is 2.25. The van der Waals surface area contributed by atoms with Crippen LogP contribution in [-0.4, -0.2) is 21.9 Å². The predicted molar refractivity (Wildman–Crippen MR) is 76.1 cm³/mol. The Bertz CT molecular complexity index is 476. The normalized spacial score (nSPS) is 18.6. The molecule has 0 bridgehead atoms. The molecule has 5 nitrogen and oxygen atoms in total. The molecule has 5 heteroatoms. The maximum absolute atomic E-state index is 6.07. The first-order valence-corrected chi connectivity index (χ1v) is 6.97. The summed E-state index contributed by atoms with van der Waals surface area (Å²) in [6.07, 6.45) is 0.520. The number of ether oxygens (including phenoxy) is 1. The molecule has 2 N–H and O–H groups in total. The fraction of sp³-hybridized carbons (Fsp3) is 0.714. The van der Waals surface area contributed by atoms with Gasteiger partial charge in [0.25, 0.3) is 0 Å². The third-order valence-corrected chi connectivity index (χ3v) is 3.23. The molecule has 2 heterocycles. The minimum Gasteiger partial charge on any atom is -0.374 e. The van der Waals surface area contributed by atoms with Gasteiger partial charge in [-0.15, -0.1) is 0 Å². The van der Waals surface area contributed by atoms with Crippen molar-refractivity contribution in [1.29, 1.82) is 0 Å². The van der Waals surface area contributed by atoms with Gasteiger partial charge in [0.2, 0.25) is 0 Å². The van der Waals surface area contributed by atoms with E-state index < -0.39 is 0 Å². The van der Waals surface area contributed by atoms with E-state index in [-0.39, 0.29) is 6.17 Å². The van der Waals surface area contributed by atoms with E-state index in [0.29, 0.717) is 19.1 Å². The number of aromatic nitrogens is 2. The van der Waals surface area contributed by atoms with Crippen LogP contribution in [0.25, 0.3) is 0 Å². The van der Waals surface area contributed by atoms with Gasteiger partial charge in [0.05, 0.1) is 0 Å². The van der Waals surface area contributed by atoms with Gasteiger partial charge in [-0.1, -0.05) is 13.8 Å². The van der Waals surface area contributed by atoms with Gasteiger partial charge in [-0.2, -0.15) is 0 Å². The monoisotopic (exact) mass is 264 g/mol. The average Bonchev–Trinajstić information content (AvgIpc) is 2.65. The quantitative estimate of drug-likeness (QED) is 0.885. The first-order valence-electron chi connectivity index (χ1n) is 6.97. The van der Waals surface area contributed by atoms with Gasteiger partial charge in [-0.25, -0.2) is 4.98 Å². The summed E-state index contributed by atoms with van der Waals surface area (Å²) in [6, 6.07) is 0. The molecule has 1 aliphatic heterocycles. The van der Waals surface area contributed by atoms with Crippen molar-refractivity contribution in [2.75, 3.05) is 6.61 Å². The molecule has 0 spiro atoms. The second kappa shape index (κ2) is 5.84. The molecule has 0 fully saturated rings. The highest BCUT2D eigenvalue weighted by atomic mass is 16.5. The second-order valence-corrected chi connectivity index (χ2v) is 5.49. The summed E-state index contributed by atoms with van der Waals surface area (Å²) in [5.74, 6) is 1.54. The van der Waals surface area contributed by atoms with E-state index in [1.54, 1.807) is 0 Å². The molecular weight excluding hydrogens is 240 g/mol. The molecule has 106 valence electrons. The number of hydrogen-bond donors (Lipinski definition) is 1. The molecule has 1 unspecified atom stereocenters. The van der Waals surface area contributed by atoms with Crippen LogP contribution < -0.4 is 5.73 Å². The summed E-state index contributed by atoms with van der Waals surface area (Å²) >= 11 is 0. The van der Waals surface area contributed by atoms with Crippen LogP contribution in [0.5, 0.6) is 0 Å². The van der Waals surface area contributed by atoms with E-state index in [0.717, 1.165) is 30.2 Å². The van der Waals surface area contributed by atoms with Gasteiger partial charge >= 0.3 is 0 Å². The van der Waals surface area contributed by atoms with Crippen molar-refractivity contribution in [3.05, 3.63) is 17.2 Å². The Kier molecular flexibility index (Phi) is 4.37. The van der Waals surface area contributed by atoms with Crippen LogP contribution in [0.4, 0.5) is 0 Å². The predicted octanol–water partition coefficient (Wildman–Crippen LogP) is 2.05. The van der Waals surface area contributed by atoms with E-state index in [2.05, 4.69) is 28.4 Å². The Hall–Kier alpha value is -1.20.